The van der Waals surface area contributed by atoms with E-state index in [2.05, 4.69) is 13.8 Å². The van der Waals surface area contributed by atoms with Crippen LogP contribution in [0.25, 0.3) is 11.1 Å². The number of halogens is 3. The standard InChI is InChI=1S/C25H31F3O/c1-3-5-7-17-9-12-21(23(26)15-17)22-14-13-20(24(27)25(22)28)18-10-11-19(29-16-18)8-6-4-2/h9,12-15,18-19H,3-8,10-11,16H2,1-2H3. The first kappa shape index (κ1) is 21.9. The lowest BCUT2D eigenvalue weighted by atomic mass is 9.88. The largest absolute Gasteiger partial charge is 0.378 e. The van der Waals surface area contributed by atoms with Crippen molar-refractivity contribution < 1.29 is 17.9 Å². The van der Waals surface area contributed by atoms with E-state index in [1.807, 2.05) is 0 Å². The lowest BCUT2D eigenvalue weighted by molar-refractivity contribution is -0.00258. The summed E-state index contributed by atoms with van der Waals surface area (Å²) >= 11 is 0. The second kappa shape index (κ2) is 10.3. The molecule has 1 heterocycles. The lowest BCUT2D eigenvalue weighted by Crippen LogP contribution is -2.25. The number of unbranched alkanes of at least 4 members (excludes halogenated alkanes) is 2. The minimum absolute atomic E-state index is 0.0247. The molecule has 1 nitrogen and oxygen atoms in total. The van der Waals surface area contributed by atoms with Gasteiger partial charge in [0.2, 0.25) is 0 Å². The molecule has 1 aliphatic heterocycles. The third-order valence-corrected chi connectivity index (χ3v) is 5.94. The molecule has 3 rings (SSSR count). The Kier molecular flexibility index (Phi) is 7.77. The number of aryl methyl sites for hydroxylation is 1. The first-order chi connectivity index (χ1) is 14.0. The SMILES string of the molecule is CCCCc1ccc(-c2ccc(C3CCC(CCCC)OC3)c(F)c2F)c(F)c1. The average molecular weight is 405 g/mol. The second-order valence-corrected chi connectivity index (χ2v) is 8.12. The van der Waals surface area contributed by atoms with Crippen molar-refractivity contribution in [1.82, 2.24) is 0 Å². The van der Waals surface area contributed by atoms with Crippen LogP contribution in [-0.2, 0) is 11.2 Å². The molecule has 2 aromatic carbocycles. The summed E-state index contributed by atoms with van der Waals surface area (Å²) in [6.45, 7) is 4.63. The summed E-state index contributed by atoms with van der Waals surface area (Å²) < 4.78 is 50.1. The van der Waals surface area contributed by atoms with E-state index in [1.165, 1.54) is 12.1 Å². The van der Waals surface area contributed by atoms with Crippen molar-refractivity contribution in [3.63, 3.8) is 0 Å². The molecular formula is C25H31F3O. The van der Waals surface area contributed by atoms with Gasteiger partial charge in [0.15, 0.2) is 11.6 Å². The normalized spacial score (nSPS) is 19.5. The van der Waals surface area contributed by atoms with Gasteiger partial charge in [-0.3, -0.25) is 0 Å². The minimum atomic E-state index is -0.976. The van der Waals surface area contributed by atoms with Crippen LogP contribution in [0.2, 0.25) is 0 Å². The Morgan fingerprint density at radius 1 is 0.897 bits per heavy atom. The predicted molar refractivity (Wildman–Crippen MR) is 112 cm³/mol. The van der Waals surface area contributed by atoms with Crippen molar-refractivity contribution in [1.29, 1.82) is 0 Å². The van der Waals surface area contributed by atoms with Crippen LogP contribution in [0.5, 0.6) is 0 Å². The van der Waals surface area contributed by atoms with E-state index in [0.717, 1.165) is 56.9 Å². The fraction of sp³-hybridized carbons (Fsp3) is 0.520. The van der Waals surface area contributed by atoms with Gasteiger partial charge in [-0.2, -0.15) is 0 Å². The van der Waals surface area contributed by atoms with E-state index in [1.54, 1.807) is 18.2 Å². The van der Waals surface area contributed by atoms with E-state index < -0.39 is 17.5 Å². The molecule has 4 heteroatoms. The Morgan fingerprint density at radius 3 is 2.31 bits per heavy atom. The highest BCUT2D eigenvalue weighted by molar-refractivity contribution is 5.66. The molecular weight excluding hydrogens is 373 g/mol. The fourth-order valence-corrected chi connectivity index (χ4v) is 4.11. The molecule has 1 fully saturated rings. The van der Waals surface area contributed by atoms with Gasteiger partial charge in [-0.1, -0.05) is 57.4 Å². The maximum absolute atomic E-state index is 14.9. The van der Waals surface area contributed by atoms with Crippen LogP contribution >= 0.6 is 0 Å². The van der Waals surface area contributed by atoms with Crippen molar-refractivity contribution in [2.45, 2.75) is 77.2 Å². The highest BCUT2D eigenvalue weighted by Crippen LogP contribution is 2.35. The van der Waals surface area contributed by atoms with Crippen LogP contribution in [0.1, 0.15) is 75.8 Å². The Morgan fingerprint density at radius 2 is 1.66 bits per heavy atom. The van der Waals surface area contributed by atoms with Gasteiger partial charge in [0, 0.05) is 17.0 Å². The summed E-state index contributed by atoms with van der Waals surface area (Å²) in [6, 6.07) is 7.88. The zero-order valence-electron chi connectivity index (χ0n) is 17.4. The quantitative estimate of drug-likeness (QED) is 0.441. The van der Waals surface area contributed by atoms with Gasteiger partial charge in [0.05, 0.1) is 12.7 Å². The van der Waals surface area contributed by atoms with Gasteiger partial charge < -0.3 is 4.74 Å². The van der Waals surface area contributed by atoms with Crippen LogP contribution < -0.4 is 0 Å². The fourth-order valence-electron chi connectivity index (χ4n) is 4.11. The van der Waals surface area contributed by atoms with Gasteiger partial charge in [-0.05, 0) is 49.3 Å². The summed E-state index contributed by atoms with van der Waals surface area (Å²) in [5.41, 5.74) is 1.29. The summed E-state index contributed by atoms with van der Waals surface area (Å²) in [6.07, 6.45) is 7.91. The molecule has 0 amide bonds. The first-order valence-corrected chi connectivity index (χ1v) is 10.9. The molecule has 1 saturated heterocycles. The Hall–Kier alpha value is -1.81. The molecule has 0 saturated carbocycles. The van der Waals surface area contributed by atoms with Gasteiger partial charge >= 0.3 is 0 Å². The molecule has 0 N–H and O–H groups in total. The van der Waals surface area contributed by atoms with Crippen molar-refractivity contribution in [3.8, 4) is 11.1 Å². The molecule has 158 valence electrons. The van der Waals surface area contributed by atoms with Gasteiger partial charge in [0.1, 0.15) is 5.82 Å². The highest BCUT2D eigenvalue weighted by atomic mass is 19.2. The highest BCUT2D eigenvalue weighted by Gasteiger charge is 2.27. The Balaban J connectivity index is 1.76. The molecule has 2 atom stereocenters. The summed E-state index contributed by atoms with van der Waals surface area (Å²) in [5.74, 6) is -2.52. The van der Waals surface area contributed by atoms with Crippen LogP contribution in [-0.4, -0.2) is 12.7 Å². The molecule has 0 aromatic heterocycles. The number of ether oxygens (including phenoxy) is 1. The zero-order valence-corrected chi connectivity index (χ0v) is 17.4. The predicted octanol–water partition coefficient (Wildman–Crippen LogP) is 7.57. The molecule has 2 unspecified atom stereocenters. The molecule has 0 radical (unpaired) electrons. The minimum Gasteiger partial charge on any atom is -0.378 e. The molecule has 29 heavy (non-hydrogen) atoms. The van der Waals surface area contributed by atoms with Crippen LogP contribution in [0.4, 0.5) is 13.2 Å². The van der Waals surface area contributed by atoms with Crippen molar-refractivity contribution >= 4 is 0 Å². The average Bonchev–Trinajstić information content (AvgIpc) is 2.74. The van der Waals surface area contributed by atoms with Gasteiger partial charge in [-0.15, -0.1) is 0 Å². The van der Waals surface area contributed by atoms with Crippen LogP contribution in [0.15, 0.2) is 30.3 Å². The number of rotatable bonds is 8. The second-order valence-electron chi connectivity index (χ2n) is 8.12. The number of hydrogen-bond donors (Lipinski definition) is 0. The zero-order chi connectivity index (χ0) is 20.8. The first-order valence-electron chi connectivity index (χ1n) is 10.9. The third kappa shape index (κ3) is 5.22. The van der Waals surface area contributed by atoms with E-state index in [-0.39, 0.29) is 23.1 Å². The molecule has 1 aliphatic rings. The Bertz CT molecular complexity index is 810. The molecule has 2 aromatic rings. The van der Waals surface area contributed by atoms with Crippen LogP contribution in [0.3, 0.4) is 0 Å². The molecule has 0 bridgehead atoms. The van der Waals surface area contributed by atoms with E-state index in [4.69, 9.17) is 4.74 Å². The lowest BCUT2D eigenvalue weighted by Gasteiger charge is -2.29. The number of hydrogen-bond acceptors (Lipinski definition) is 1. The van der Waals surface area contributed by atoms with E-state index >= 15 is 0 Å². The van der Waals surface area contributed by atoms with Crippen molar-refractivity contribution in [3.05, 3.63) is 58.9 Å². The maximum atomic E-state index is 14.9. The Labute approximate surface area is 172 Å². The summed E-state index contributed by atoms with van der Waals surface area (Å²) in [5, 5.41) is 0. The van der Waals surface area contributed by atoms with Crippen molar-refractivity contribution in [2.24, 2.45) is 0 Å². The summed E-state index contributed by atoms with van der Waals surface area (Å²) in [7, 11) is 0. The van der Waals surface area contributed by atoms with E-state index in [9.17, 15) is 13.2 Å². The van der Waals surface area contributed by atoms with Crippen LogP contribution in [0, 0.1) is 17.5 Å². The monoisotopic (exact) mass is 404 g/mol. The number of benzene rings is 2. The topological polar surface area (TPSA) is 9.23 Å². The summed E-state index contributed by atoms with van der Waals surface area (Å²) in [4.78, 5) is 0. The molecule has 0 spiro atoms. The van der Waals surface area contributed by atoms with E-state index in [0.29, 0.717) is 12.2 Å². The maximum Gasteiger partial charge on any atom is 0.167 e. The molecule has 0 aliphatic carbocycles. The third-order valence-electron chi connectivity index (χ3n) is 5.94. The van der Waals surface area contributed by atoms with Gasteiger partial charge in [-0.25, -0.2) is 13.2 Å². The smallest absolute Gasteiger partial charge is 0.167 e. The van der Waals surface area contributed by atoms with Gasteiger partial charge in [0.25, 0.3) is 0 Å². The van der Waals surface area contributed by atoms with Crippen molar-refractivity contribution in [2.75, 3.05) is 6.61 Å².